The van der Waals surface area contributed by atoms with E-state index in [0.29, 0.717) is 32.1 Å². The normalized spacial score (nSPS) is 11.3. The fraction of sp³-hybridized carbons (Fsp3) is 0.778. The van der Waals surface area contributed by atoms with Gasteiger partial charge in [0, 0.05) is 0 Å². The minimum atomic E-state index is 0. The Morgan fingerprint density at radius 1 is 0.783 bits per heavy atom. The van der Waals surface area contributed by atoms with Gasteiger partial charge in [-0.2, -0.15) is 0 Å². The molecular weight excluding hydrogens is 400 g/mol. The molecular formula is C18H38Cl2P2V. The van der Waals surface area contributed by atoms with Gasteiger partial charge in [0.1, 0.15) is 0 Å². The zero-order chi connectivity index (χ0) is 16.5. The molecule has 0 aliphatic heterocycles. The Hall–Kier alpha value is 1.50. The molecule has 0 heterocycles. The molecule has 0 saturated carbocycles. The number of hydrogen-bond donors (Lipinski definition) is 0. The van der Waals surface area contributed by atoms with Crippen molar-refractivity contribution in [1.82, 2.24) is 0 Å². The smallest absolute Gasteiger partial charge is 1.00 e. The second-order valence-corrected chi connectivity index (χ2v) is 12.8. The van der Waals surface area contributed by atoms with Crippen LogP contribution in [0.5, 0.6) is 0 Å². The summed E-state index contributed by atoms with van der Waals surface area (Å²) < 4.78 is 1.65. The molecule has 0 aromatic rings. The maximum Gasteiger partial charge on any atom is -1.00 e. The molecule has 5 heteroatoms. The van der Waals surface area contributed by atoms with E-state index < -0.39 is 0 Å². The van der Waals surface area contributed by atoms with E-state index in [1.54, 1.807) is 4.28 Å². The zero-order valence-corrected chi connectivity index (χ0v) is 21.0. The minimum Gasteiger partial charge on any atom is -1.00 e. The Morgan fingerprint density at radius 2 is 1.13 bits per heavy atom. The zero-order valence-electron chi connectivity index (χ0n) is 16.3. The van der Waals surface area contributed by atoms with E-state index in [2.05, 4.69) is 65.4 Å². The summed E-state index contributed by atoms with van der Waals surface area (Å²) in [4.78, 5) is 0. The summed E-state index contributed by atoms with van der Waals surface area (Å²) in [5, 5.41) is 0. The maximum absolute atomic E-state index is 2.29. The number of allylic oxidation sites excluding steroid dienone is 4. The largest absolute Gasteiger partial charge is 1.00 e. The van der Waals surface area contributed by atoms with Gasteiger partial charge in [-0.25, -0.2) is 0 Å². The van der Waals surface area contributed by atoms with E-state index in [0.717, 1.165) is 0 Å². The van der Waals surface area contributed by atoms with Gasteiger partial charge in [-0.3, -0.25) is 0 Å². The molecule has 0 N–H and O–H groups in total. The van der Waals surface area contributed by atoms with Gasteiger partial charge >= 0.3 is 50.9 Å². The van der Waals surface area contributed by atoms with Gasteiger partial charge in [0.2, 0.25) is 0 Å². The van der Waals surface area contributed by atoms with Crippen molar-refractivity contribution in [2.24, 2.45) is 0 Å². The van der Waals surface area contributed by atoms with Gasteiger partial charge in [0.05, 0.1) is 0 Å². The van der Waals surface area contributed by atoms with Gasteiger partial charge in [-0.05, 0) is 37.0 Å². The third-order valence-corrected chi connectivity index (χ3v) is 10.5. The fourth-order valence-corrected chi connectivity index (χ4v) is 5.44. The predicted molar refractivity (Wildman–Crippen MR) is 105 cm³/mol. The summed E-state index contributed by atoms with van der Waals surface area (Å²) in [5.74, 6) is 0. The van der Waals surface area contributed by atoms with Crippen LogP contribution in [0.15, 0.2) is 22.5 Å². The third-order valence-electron chi connectivity index (χ3n) is 3.72. The quantitative estimate of drug-likeness (QED) is 0.521. The van der Waals surface area contributed by atoms with Crippen LogP contribution in [-0.4, -0.2) is 37.0 Å². The second-order valence-electron chi connectivity index (χ2n) is 4.75. The third kappa shape index (κ3) is 21.5. The summed E-state index contributed by atoms with van der Waals surface area (Å²) in [7, 11) is 0.892. The van der Waals surface area contributed by atoms with Crippen LogP contribution in [0, 0.1) is 0 Å². The molecule has 0 saturated heterocycles. The van der Waals surface area contributed by atoms with Gasteiger partial charge in [-0.1, -0.05) is 41.5 Å². The molecule has 1 aliphatic rings. The Kier molecular flexibility index (Phi) is 36.0. The van der Waals surface area contributed by atoms with Gasteiger partial charge < -0.3 is 24.8 Å². The summed E-state index contributed by atoms with van der Waals surface area (Å²) in [6, 6.07) is 0. The monoisotopic (exact) mass is 437 g/mol. The summed E-state index contributed by atoms with van der Waals surface area (Å²) >= 11 is 0.523. The summed E-state index contributed by atoms with van der Waals surface area (Å²) in [6.07, 6.45) is 16.3. The molecule has 23 heavy (non-hydrogen) atoms. The minimum absolute atomic E-state index is 0. The maximum atomic E-state index is 2.29. The summed E-state index contributed by atoms with van der Waals surface area (Å²) in [5.41, 5.74) is 2.29. The van der Waals surface area contributed by atoms with E-state index >= 15 is 0 Å². The van der Waals surface area contributed by atoms with E-state index in [1.807, 2.05) is 0 Å². The van der Waals surface area contributed by atoms with Crippen molar-refractivity contribution in [3.8, 4) is 0 Å². The van der Waals surface area contributed by atoms with E-state index in [9.17, 15) is 0 Å². The van der Waals surface area contributed by atoms with Crippen molar-refractivity contribution in [2.75, 3.05) is 37.0 Å². The molecule has 0 unspecified atom stereocenters. The molecule has 1 rings (SSSR count). The first kappa shape index (κ1) is 32.2. The van der Waals surface area contributed by atoms with Crippen LogP contribution >= 0.6 is 15.8 Å². The standard InChI is InChI=1S/2C6H15P.C5H5.CH3.2ClH.V/c2*1-4-7(5-2)6-3;1-2-4-5-3-1;;;;/h2*4-6H2,1-3H3;1-3H,4H2;1H3;2*1H;/q;;;;;;+2/p-2. The molecule has 1 aliphatic carbocycles. The number of rotatable bonds is 7. The van der Waals surface area contributed by atoms with Crippen LogP contribution in [0.25, 0.3) is 0 Å². The van der Waals surface area contributed by atoms with Crippen molar-refractivity contribution in [2.45, 2.75) is 53.6 Å². The van der Waals surface area contributed by atoms with Crippen molar-refractivity contribution in [3.05, 3.63) is 22.5 Å². The van der Waals surface area contributed by atoms with Crippen LogP contribution in [0.1, 0.15) is 48.0 Å². The molecule has 0 radical (unpaired) electrons. The van der Waals surface area contributed by atoms with Gasteiger partial charge in [0.25, 0.3) is 0 Å². The molecule has 139 valence electrons. The Balaban J connectivity index is -0.000000113. The van der Waals surface area contributed by atoms with E-state index in [-0.39, 0.29) is 24.8 Å². The van der Waals surface area contributed by atoms with Crippen LogP contribution < -0.4 is 24.8 Å². The first-order chi connectivity index (χ1) is 10.1. The van der Waals surface area contributed by atoms with Crippen LogP contribution in [-0.2, 0) is 16.3 Å². The van der Waals surface area contributed by atoms with Crippen molar-refractivity contribution in [1.29, 1.82) is 0 Å². The SMILES string of the molecule is CCP(CC)CC.CCP(CC)CC.[CH3][V+2][C]1=CC=CC1.[Cl-].[Cl-]. The Labute approximate surface area is 169 Å². The topological polar surface area (TPSA) is 0 Å². The number of halogens is 2. The summed E-state index contributed by atoms with van der Waals surface area (Å²) in [6.45, 7) is 13.7. The van der Waals surface area contributed by atoms with E-state index in [1.165, 1.54) is 43.4 Å². The molecule has 0 fully saturated rings. The predicted octanol–water partition coefficient (Wildman–Crippen LogP) is 1.02. The van der Waals surface area contributed by atoms with Crippen LogP contribution in [0.2, 0.25) is 5.64 Å². The molecule has 0 aromatic heterocycles. The van der Waals surface area contributed by atoms with Crippen LogP contribution in [0.3, 0.4) is 0 Å². The van der Waals surface area contributed by atoms with E-state index in [4.69, 9.17) is 0 Å². The Morgan fingerprint density at radius 3 is 1.22 bits per heavy atom. The molecule has 0 bridgehead atoms. The molecule has 0 spiro atoms. The Bertz CT molecular complexity index is 241. The van der Waals surface area contributed by atoms with Crippen molar-refractivity contribution < 1.29 is 41.1 Å². The second kappa shape index (κ2) is 25.7. The molecule has 0 amide bonds. The van der Waals surface area contributed by atoms with Gasteiger partial charge in [-0.15, -0.1) is 15.8 Å². The van der Waals surface area contributed by atoms with Crippen LogP contribution in [0.4, 0.5) is 0 Å². The van der Waals surface area contributed by atoms with Gasteiger partial charge in [0.15, 0.2) is 0 Å². The average Bonchev–Trinajstić information content (AvgIpc) is 3.06. The van der Waals surface area contributed by atoms with Crippen molar-refractivity contribution >= 4 is 15.8 Å². The molecule has 0 nitrogen and oxygen atoms in total. The first-order valence-electron chi connectivity index (χ1n) is 8.53. The average molecular weight is 438 g/mol. The fourth-order valence-electron chi connectivity index (χ4n) is 1.94. The molecule has 0 aromatic carbocycles. The first-order valence-corrected chi connectivity index (χ1v) is 14.4. The van der Waals surface area contributed by atoms with Crippen molar-refractivity contribution in [3.63, 3.8) is 0 Å². The molecule has 0 atom stereocenters. The number of hydrogen-bond acceptors (Lipinski definition) is 0.